The molecule has 12 heavy (non-hydrogen) atoms. The van der Waals surface area contributed by atoms with Crippen LogP contribution in [0.3, 0.4) is 0 Å². The lowest BCUT2D eigenvalue weighted by Crippen LogP contribution is -2.08. The second-order valence-corrected chi connectivity index (χ2v) is 1.99. The fraction of sp³-hybridized carbons (Fsp3) is 0. The summed E-state index contributed by atoms with van der Waals surface area (Å²) in [5.74, 6) is 0.00418. The molecule has 0 atom stereocenters. The van der Waals surface area contributed by atoms with E-state index in [9.17, 15) is 0 Å². The minimum atomic E-state index is 0.00418. The number of nitrogens with one attached hydrogen (secondary N) is 2. The van der Waals surface area contributed by atoms with E-state index >= 15 is 0 Å². The Kier molecular flexibility index (Phi) is 5.09. The van der Waals surface area contributed by atoms with Crippen LogP contribution in [0.4, 0.5) is 0 Å². The maximum absolute atomic E-state index is 6.88. The van der Waals surface area contributed by atoms with Gasteiger partial charge in [-0.1, -0.05) is 19.2 Å². The highest BCUT2D eigenvalue weighted by Gasteiger charge is 1.82. The molecule has 0 unspecified atom stereocenters. The van der Waals surface area contributed by atoms with Gasteiger partial charge in [-0.3, -0.25) is 5.41 Å². The normalized spacial score (nSPS) is 11.2. The Balaban J connectivity index is 4.05. The Morgan fingerprint density at radius 2 is 2.08 bits per heavy atom. The number of rotatable bonds is 5. The van der Waals surface area contributed by atoms with Crippen molar-refractivity contribution in [2.45, 2.75) is 0 Å². The molecule has 0 aliphatic heterocycles. The first-order valence-electron chi connectivity index (χ1n) is 3.43. The summed E-state index contributed by atoms with van der Waals surface area (Å²) in [6, 6.07) is 0. The van der Waals surface area contributed by atoms with Gasteiger partial charge in [0.15, 0.2) is 0 Å². The van der Waals surface area contributed by atoms with Crippen LogP contribution < -0.4 is 11.1 Å². The van der Waals surface area contributed by atoms with Crippen molar-refractivity contribution < 1.29 is 0 Å². The van der Waals surface area contributed by atoms with Crippen molar-refractivity contribution in [1.29, 1.82) is 5.41 Å². The molecule has 0 spiro atoms. The van der Waals surface area contributed by atoms with Crippen LogP contribution in [0.25, 0.3) is 0 Å². The van der Waals surface area contributed by atoms with E-state index in [1.54, 1.807) is 24.4 Å². The van der Waals surface area contributed by atoms with Crippen LogP contribution in [0.2, 0.25) is 0 Å². The van der Waals surface area contributed by atoms with Gasteiger partial charge in [0, 0.05) is 11.9 Å². The molecule has 0 saturated heterocycles. The average Bonchev–Trinajstić information content (AvgIpc) is 2.02. The van der Waals surface area contributed by atoms with Crippen LogP contribution in [0, 0.1) is 5.41 Å². The third-order valence-electron chi connectivity index (χ3n) is 1.03. The van der Waals surface area contributed by atoms with Gasteiger partial charge in [0.1, 0.15) is 5.84 Å². The fourth-order valence-corrected chi connectivity index (χ4v) is 0.530. The Labute approximate surface area is 72.5 Å². The molecule has 0 saturated carbocycles. The number of nitrogens with two attached hydrogens (primary N) is 1. The summed E-state index contributed by atoms with van der Waals surface area (Å²) in [4.78, 5) is 0. The van der Waals surface area contributed by atoms with Crippen molar-refractivity contribution in [3.8, 4) is 0 Å². The van der Waals surface area contributed by atoms with E-state index in [-0.39, 0.29) is 5.84 Å². The largest absolute Gasteiger partial charge is 0.384 e. The lowest BCUT2D eigenvalue weighted by Gasteiger charge is -1.98. The molecule has 0 fully saturated rings. The second-order valence-electron chi connectivity index (χ2n) is 1.99. The number of allylic oxidation sites excluding steroid dienone is 3. The lowest BCUT2D eigenvalue weighted by atomic mass is 10.4. The molecule has 0 aliphatic carbocycles. The Hall–Kier alpha value is -1.77. The highest BCUT2D eigenvalue weighted by atomic mass is 14.8. The zero-order valence-corrected chi connectivity index (χ0v) is 6.88. The maximum atomic E-state index is 6.88. The van der Waals surface area contributed by atoms with Crippen molar-refractivity contribution >= 4 is 5.84 Å². The van der Waals surface area contributed by atoms with E-state index in [1.165, 1.54) is 6.08 Å². The quantitative estimate of drug-likeness (QED) is 0.325. The van der Waals surface area contributed by atoms with Gasteiger partial charge in [0.2, 0.25) is 0 Å². The van der Waals surface area contributed by atoms with Gasteiger partial charge in [-0.2, -0.15) is 0 Å². The smallest absolute Gasteiger partial charge is 0.116 e. The van der Waals surface area contributed by atoms with Crippen molar-refractivity contribution in [2.75, 3.05) is 0 Å². The molecule has 3 nitrogen and oxygen atoms in total. The first-order chi connectivity index (χ1) is 5.70. The molecule has 0 aromatic carbocycles. The third-order valence-corrected chi connectivity index (χ3v) is 1.03. The fourth-order valence-electron chi connectivity index (χ4n) is 0.530. The van der Waals surface area contributed by atoms with E-state index in [2.05, 4.69) is 18.5 Å². The summed E-state index contributed by atoms with van der Waals surface area (Å²) in [6.07, 6.45) is 8.06. The van der Waals surface area contributed by atoms with Crippen molar-refractivity contribution in [3.63, 3.8) is 0 Å². The van der Waals surface area contributed by atoms with Crippen LogP contribution in [0.5, 0.6) is 0 Å². The highest BCUT2D eigenvalue weighted by Crippen LogP contribution is 1.89. The van der Waals surface area contributed by atoms with Crippen molar-refractivity contribution in [1.82, 2.24) is 5.32 Å². The minimum absolute atomic E-state index is 0.00418. The van der Waals surface area contributed by atoms with Gasteiger partial charge in [0.05, 0.1) is 0 Å². The average molecular weight is 163 g/mol. The monoisotopic (exact) mass is 163 g/mol. The zero-order valence-electron chi connectivity index (χ0n) is 6.88. The summed E-state index contributed by atoms with van der Waals surface area (Å²) < 4.78 is 0. The van der Waals surface area contributed by atoms with Crippen molar-refractivity contribution in [2.24, 2.45) is 5.73 Å². The minimum Gasteiger partial charge on any atom is -0.384 e. The molecule has 3 heteroatoms. The van der Waals surface area contributed by atoms with E-state index in [1.807, 2.05) is 0 Å². The van der Waals surface area contributed by atoms with Gasteiger partial charge in [-0.05, 0) is 18.2 Å². The summed E-state index contributed by atoms with van der Waals surface area (Å²) in [5.41, 5.74) is 5.89. The third kappa shape index (κ3) is 5.05. The summed E-state index contributed by atoms with van der Waals surface area (Å²) in [7, 11) is 0. The molecule has 0 radical (unpaired) electrons. The Morgan fingerprint density at radius 1 is 1.42 bits per heavy atom. The molecule has 0 heterocycles. The molecule has 0 aromatic rings. The highest BCUT2D eigenvalue weighted by molar-refractivity contribution is 5.88. The van der Waals surface area contributed by atoms with Crippen LogP contribution in [-0.4, -0.2) is 5.84 Å². The standard InChI is InChI=1S/C9H13N3/c1-3-5-8(4-2)12-7-6-9(10)11/h3-7,12H,1-2H2,(H3,10,11)/b7-6-,8-5+. The van der Waals surface area contributed by atoms with Crippen LogP contribution in [-0.2, 0) is 0 Å². The maximum Gasteiger partial charge on any atom is 0.116 e. The molecule has 0 rings (SSSR count). The predicted molar refractivity (Wildman–Crippen MR) is 52.7 cm³/mol. The van der Waals surface area contributed by atoms with Gasteiger partial charge >= 0.3 is 0 Å². The Bertz CT molecular complexity index is 236. The molecule has 0 aromatic heterocycles. The molecule has 64 valence electrons. The first kappa shape index (κ1) is 10.2. The lowest BCUT2D eigenvalue weighted by molar-refractivity contribution is 1.11. The van der Waals surface area contributed by atoms with E-state index < -0.39 is 0 Å². The number of hydrogen-bond acceptors (Lipinski definition) is 2. The molecule has 0 amide bonds. The summed E-state index contributed by atoms with van der Waals surface area (Å²) in [6.45, 7) is 7.12. The van der Waals surface area contributed by atoms with Crippen LogP contribution >= 0.6 is 0 Å². The molecule has 0 aliphatic rings. The predicted octanol–water partition coefficient (Wildman–Crippen LogP) is 1.28. The molecular weight excluding hydrogens is 150 g/mol. The second kappa shape index (κ2) is 5.97. The molecular formula is C9H13N3. The SMILES string of the molecule is C=C/C=C(\C=C)N/C=C\C(=N)N. The van der Waals surface area contributed by atoms with Crippen LogP contribution in [0.1, 0.15) is 0 Å². The van der Waals surface area contributed by atoms with Gasteiger partial charge < -0.3 is 11.1 Å². The summed E-state index contributed by atoms with van der Waals surface area (Å²) >= 11 is 0. The van der Waals surface area contributed by atoms with E-state index in [0.717, 1.165) is 5.70 Å². The van der Waals surface area contributed by atoms with Gasteiger partial charge in [-0.15, -0.1) is 0 Å². The van der Waals surface area contributed by atoms with E-state index in [4.69, 9.17) is 11.1 Å². The van der Waals surface area contributed by atoms with Gasteiger partial charge in [0.25, 0.3) is 0 Å². The topological polar surface area (TPSA) is 61.9 Å². The first-order valence-corrected chi connectivity index (χ1v) is 3.43. The summed E-state index contributed by atoms with van der Waals surface area (Å²) in [5, 5.41) is 9.76. The number of hydrogen-bond donors (Lipinski definition) is 3. The van der Waals surface area contributed by atoms with E-state index in [0.29, 0.717) is 0 Å². The molecule has 4 N–H and O–H groups in total. The van der Waals surface area contributed by atoms with Gasteiger partial charge in [-0.25, -0.2) is 0 Å². The number of amidine groups is 1. The Morgan fingerprint density at radius 3 is 2.50 bits per heavy atom. The molecule has 0 bridgehead atoms. The van der Waals surface area contributed by atoms with Crippen molar-refractivity contribution in [3.05, 3.63) is 49.4 Å². The zero-order chi connectivity index (χ0) is 9.40. The van der Waals surface area contributed by atoms with Crippen LogP contribution in [0.15, 0.2) is 49.4 Å².